The van der Waals surface area contributed by atoms with Gasteiger partial charge in [0.1, 0.15) is 0 Å². The number of carbonyl (C=O) groups excluding carboxylic acids is 6. The van der Waals surface area contributed by atoms with E-state index in [-0.39, 0.29) is 22.7 Å². The van der Waals surface area contributed by atoms with E-state index in [0.717, 1.165) is 12.2 Å². The first kappa shape index (κ1) is 18.7. The molecule has 0 atom stereocenters. The molecule has 0 aliphatic carbocycles. The second-order valence-electron chi connectivity index (χ2n) is 3.71. The smallest absolute Gasteiger partial charge is 0.287 e. The van der Waals surface area contributed by atoms with Crippen LogP contribution in [0.4, 0.5) is 0 Å². The molecule has 0 heterocycles. The number of Topliss-reactive ketones (excluding diaryl/α,β-unsaturated/α-hetero) is 2. The minimum absolute atomic E-state index is 0.0373. The molecule has 1 aromatic rings. The Kier molecular flexibility index (Phi) is 8.10. The quantitative estimate of drug-likeness (QED) is 0.461. The van der Waals surface area contributed by atoms with E-state index in [2.05, 4.69) is 9.98 Å². The summed E-state index contributed by atoms with van der Waals surface area (Å²) in [6.45, 7) is 2.50. The Morgan fingerprint density at radius 3 is 1.45 bits per heavy atom. The first-order valence-electron chi connectivity index (χ1n) is 5.69. The van der Waals surface area contributed by atoms with Gasteiger partial charge in [0, 0.05) is 25.0 Å². The van der Waals surface area contributed by atoms with Gasteiger partial charge in [-0.05, 0) is 18.2 Å². The number of amides is 2. The molecule has 8 heteroatoms. The van der Waals surface area contributed by atoms with Crippen LogP contribution in [0.15, 0.2) is 34.3 Å². The third-order valence-electron chi connectivity index (χ3n) is 2.15. The summed E-state index contributed by atoms with van der Waals surface area (Å²) >= 11 is 0. The zero-order chi connectivity index (χ0) is 17.1. The van der Waals surface area contributed by atoms with Crippen LogP contribution in [-0.4, -0.2) is 35.5 Å². The van der Waals surface area contributed by atoms with E-state index >= 15 is 0 Å². The Bertz CT molecular complexity index is 653. The summed E-state index contributed by atoms with van der Waals surface area (Å²) in [6.07, 6.45) is 2.19. The molecule has 8 nitrogen and oxygen atoms in total. The molecule has 0 spiro atoms. The first-order chi connectivity index (χ1) is 10.3. The van der Waals surface area contributed by atoms with Crippen LogP contribution in [0, 0.1) is 0 Å². The Hall–Kier alpha value is -3.34. The van der Waals surface area contributed by atoms with E-state index in [1.54, 1.807) is 0 Å². The summed E-state index contributed by atoms with van der Waals surface area (Å²) in [5.41, 5.74) is 0.0746. The van der Waals surface area contributed by atoms with Gasteiger partial charge in [-0.15, -0.1) is 9.98 Å². The Morgan fingerprint density at radius 1 is 0.818 bits per heavy atom. The predicted molar refractivity (Wildman–Crippen MR) is 72.7 cm³/mol. The summed E-state index contributed by atoms with van der Waals surface area (Å²) in [5.74, 6) is -2.40. The number of benzene rings is 1. The molecule has 1 aromatic carbocycles. The average Bonchev–Trinajstić information content (AvgIpc) is 2.48. The monoisotopic (exact) mass is 302 g/mol. The minimum Gasteiger partial charge on any atom is -0.291 e. The van der Waals surface area contributed by atoms with Crippen molar-refractivity contribution in [3.63, 3.8) is 0 Å². The number of ketones is 2. The highest BCUT2D eigenvalue weighted by molar-refractivity contribution is 6.35. The zero-order valence-corrected chi connectivity index (χ0v) is 11.7. The topological polar surface area (TPSA) is 127 Å². The van der Waals surface area contributed by atoms with Gasteiger partial charge in [0.25, 0.3) is 11.8 Å². The van der Waals surface area contributed by atoms with E-state index in [9.17, 15) is 28.8 Å². The molecule has 0 radical (unpaired) electrons. The second kappa shape index (κ2) is 9.55. The van der Waals surface area contributed by atoms with Crippen LogP contribution in [0.5, 0.6) is 0 Å². The number of hydrogen-bond acceptors (Lipinski definition) is 6. The first-order valence-corrected chi connectivity index (χ1v) is 5.69. The Balaban J connectivity index is 0.000000626. The summed E-state index contributed by atoms with van der Waals surface area (Å²) in [6, 6.07) is 5.31. The predicted octanol–water partition coefficient (Wildman–Crippen LogP) is 0.803. The average molecular weight is 302 g/mol. The maximum absolute atomic E-state index is 11.1. The molecule has 0 saturated heterocycles. The molecule has 0 aliphatic rings. The molecule has 2 amide bonds. The van der Waals surface area contributed by atoms with Crippen LogP contribution in [0.25, 0.3) is 0 Å². The van der Waals surface area contributed by atoms with E-state index in [1.165, 1.54) is 38.1 Å². The molecule has 0 aliphatic heterocycles. The van der Waals surface area contributed by atoms with E-state index in [4.69, 9.17) is 0 Å². The highest BCUT2D eigenvalue weighted by Crippen LogP contribution is 2.07. The van der Waals surface area contributed by atoms with Crippen LogP contribution < -0.4 is 0 Å². The molecule has 0 fully saturated rings. The number of hydrogen-bond donors (Lipinski definition) is 0. The number of nitrogens with zero attached hydrogens (tertiary/aromatic N) is 2. The van der Waals surface area contributed by atoms with Gasteiger partial charge < -0.3 is 0 Å². The summed E-state index contributed by atoms with van der Waals surface area (Å²) in [4.78, 5) is 67.3. The number of isocyanates is 2. The molecule has 1 rings (SSSR count). The normalized spacial score (nSPS) is 8.27. The SMILES string of the molecule is CC(=O)C(C)=O.O=C=NC(=O)c1cccc(C(=O)N=C=O)c1. The summed E-state index contributed by atoms with van der Waals surface area (Å²) in [5, 5.41) is 0. The molecule has 0 saturated carbocycles. The number of aliphatic imine (C=N–C) groups is 2. The van der Waals surface area contributed by atoms with Gasteiger partial charge in [-0.3, -0.25) is 19.2 Å². The molecule has 0 unspecified atom stereocenters. The summed E-state index contributed by atoms with van der Waals surface area (Å²) in [7, 11) is 0. The van der Waals surface area contributed by atoms with Gasteiger partial charge in [-0.1, -0.05) is 6.07 Å². The Morgan fingerprint density at radius 2 is 1.18 bits per heavy atom. The molecule has 22 heavy (non-hydrogen) atoms. The van der Waals surface area contributed by atoms with Crippen molar-refractivity contribution >= 4 is 35.5 Å². The van der Waals surface area contributed by atoms with Crippen molar-refractivity contribution in [1.82, 2.24) is 0 Å². The molecule has 0 N–H and O–H groups in total. The molecular formula is C14H10N2O6. The molecule has 112 valence electrons. The third-order valence-corrected chi connectivity index (χ3v) is 2.15. The lowest BCUT2D eigenvalue weighted by molar-refractivity contribution is -0.134. The van der Waals surface area contributed by atoms with Crippen LogP contribution >= 0.6 is 0 Å². The van der Waals surface area contributed by atoms with Crippen LogP contribution in [0.2, 0.25) is 0 Å². The lowest BCUT2D eigenvalue weighted by Crippen LogP contribution is -2.01. The molecule has 0 aromatic heterocycles. The third kappa shape index (κ3) is 6.72. The van der Waals surface area contributed by atoms with Crippen molar-refractivity contribution in [2.75, 3.05) is 0 Å². The van der Waals surface area contributed by atoms with Gasteiger partial charge in [0.15, 0.2) is 11.6 Å². The lowest BCUT2D eigenvalue weighted by atomic mass is 10.1. The van der Waals surface area contributed by atoms with Gasteiger partial charge in [0.05, 0.1) is 0 Å². The van der Waals surface area contributed by atoms with Crippen LogP contribution in [0.3, 0.4) is 0 Å². The fourth-order valence-corrected chi connectivity index (χ4v) is 0.997. The van der Waals surface area contributed by atoms with E-state index in [0.29, 0.717) is 0 Å². The van der Waals surface area contributed by atoms with Gasteiger partial charge in [0.2, 0.25) is 12.2 Å². The van der Waals surface area contributed by atoms with Gasteiger partial charge >= 0.3 is 0 Å². The van der Waals surface area contributed by atoms with E-state index in [1.807, 2.05) is 0 Å². The van der Waals surface area contributed by atoms with Crippen molar-refractivity contribution in [1.29, 1.82) is 0 Å². The van der Waals surface area contributed by atoms with Crippen LogP contribution in [0.1, 0.15) is 34.6 Å². The van der Waals surface area contributed by atoms with Crippen molar-refractivity contribution in [3.8, 4) is 0 Å². The van der Waals surface area contributed by atoms with E-state index < -0.39 is 11.8 Å². The van der Waals surface area contributed by atoms with Crippen molar-refractivity contribution < 1.29 is 28.8 Å². The fraction of sp³-hybridized carbons (Fsp3) is 0.143. The minimum atomic E-state index is -0.820. The van der Waals surface area contributed by atoms with Gasteiger partial charge in [-0.2, -0.15) is 0 Å². The van der Waals surface area contributed by atoms with Gasteiger partial charge in [-0.25, -0.2) is 9.59 Å². The number of rotatable bonds is 3. The maximum atomic E-state index is 11.1. The van der Waals surface area contributed by atoms with Crippen molar-refractivity contribution in [2.24, 2.45) is 9.98 Å². The van der Waals surface area contributed by atoms with Crippen molar-refractivity contribution in [3.05, 3.63) is 35.4 Å². The number of carbonyl (C=O) groups is 4. The van der Waals surface area contributed by atoms with Crippen LogP contribution in [-0.2, 0) is 19.2 Å². The molecule has 0 bridgehead atoms. The fourth-order valence-electron chi connectivity index (χ4n) is 0.997. The highest BCUT2D eigenvalue weighted by Gasteiger charge is 2.08. The zero-order valence-electron chi connectivity index (χ0n) is 11.7. The standard InChI is InChI=1S/C10H4N2O4.C4H6O2/c13-5-11-9(15)7-2-1-3-8(4-7)10(16)12-6-14;1-3(5)4(2)6/h1-4H;1-2H3. The highest BCUT2D eigenvalue weighted by atomic mass is 16.2. The summed E-state index contributed by atoms with van der Waals surface area (Å²) < 4.78 is 0. The lowest BCUT2D eigenvalue weighted by Gasteiger charge is -1.96. The second-order valence-corrected chi connectivity index (χ2v) is 3.71. The van der Waals surface area contributed by atoms with Crippen molar-refractivity contribution in [2.45, 2.75) is 13.8 Å². The molecular weight excluding hydrogens is 292 g/mol. The Labute approximate surface area is 124 Å². The largest absolute Gasteiger partial charge is 0.291 e. The maximum Gasteiger partial charge on any atom is 0.287 e.